The third-order valence-corrected chi connectivity index (χ3v) is 2.11. The van der Waals surface area contributed by atoms with Gasteiger partial charge in [-0.05, 0) is 18.1 Å². The zero-order chi connectivity index (χ0) is 9.26. The van der Waals surface area contributed by atoms with Gasteiger partial charge in [-0.25, -0.2) is 0 Å². The Morgan fingerprint density at radius 1 is 1.38 bits per heavy atom. The summed E-state index contributed by atoms with van der Waals surface area (Å²) in [6.45, 7) is 2.06. The van der Waals surface area contributed by atoms with Crippen LogP contribution < -0.4 is 0 Å². The van der Waals surface area contributed by atoms with E-state index >= 15 is 0 Å². The van der Waals surface area contributed by atoms with Crippen LogP contribution in [0.15, 0.2) is 24.4 Å². The molecule has 0 aliphatic heterocycles. The van der Waals surface area contributed by atoms with Gasteiger partial charge in [-0.2, -0.15) is 5.10 Å². The Bertz CT molecular complexity index is 440. The summed E-state index contributed by atoms with van der Waals surface area (Å²) in [5.41, 5.74) is 1.70. The van der Waals surface area contributed by atoms with Crippen molar-refractivity contribution in [1.29, 1.82) is 0 Å². The molecule has 0 saturated heterocycles. The van der Waals surface area contributed by atoms with Crippen LogP contribution in [-0.2, 0) is 6.42 Å². The van der Waals surface area contributed by atoms with E-state index in [9.17, 15) is 5.11 Å². The molecule has 0 radical (unpaired) electrons. The summed E-state index contributed by atoms with van der Waals surface area (Å²) < 4.78 is 0. The minimum absolute atomic E-state index is 0.195. The second-order valence-corrected chi connectivity index (χ2v) is 2.90. The largest absolute Gasteiger partial charge is 0.506 e. The first-order valence-electron chi connectivity index (χ1n) is 4.25. The lowest BCUT2D eigenvalue weighted by Gasteiger charge is -2.02. The van der Waals surface area contributed by atoms with Gasteiger partial charge >= 0.3 is 0 Å². The van der Waals surface area contributed by atoms with Gasteiger partial charge in [0.2, 0.25) is 0 Å². The average Bonchev–Trinajstić information content (AvgIpc) is 2.18. The molecular formula is C10H10N2O. The lowest BCUT2D eigenvalue weighted by Crippen LogP contribution is -1.90. The zero-order valence-electron chi connectivity index (χ0n) is 7.36. The number of phenols is 1. The van der Waals surface area contributed by atoms with Crippen LogP contribution >= 0.6 is 0 Å². The van der Waals surface area contributed by atoms with Gasteiger partial charge in [-0.3, -0.25) is 0 Å². The Morgan fingerprint density at radius 2 is 2.23 bits per heavy atom. The van der Waals surface area contributed by atoms with Crippen molar-refractivity contribution in [2.75, 3.05) is 0 Å². The summed E-state index contributed by atoms with van der Waals surface area (Å²) in [6.07, 6.45) is 2.64. The number of nitrogens with zero attached hydrogens (tertiary/aromatic N) is 2. The van der Waals surface area contributed by atoms with E-state index in [4.69, 9.17) is 0 Å². The molecular weight excluding hydrogens is 164 g/mol. The zero-order valence-corrected chi connectivity index (χ0v) is 7.36. The monoisotopic (exact) mass is 174 g/mol. The minimum Gasteiger partial charge on any atom is -0.506 e. The maximum absolute atomic E-state index is 9.49. The van der Waals surface area contributed by atoms with Gasteiger partial charge in [0.15, 0.2) is 0 Å². The van der Waals surface area contributed by atoms with Crippen molar-refractivity contribution in [2.45, 2.75) is 13.3 Å². The fourth-order valence-electron chi connectivity index (χ4n) is 1.40. The first kappa shape index (κ1) is 7.98. The molecule has 2 aromatic rings. The first-order chi connectivity index (χ1) is 6.33. The molecule has 0 bridgehead atoms. The van der Waals surface area contributed by atoms with Gasteiger partial charge in [0.1, 0.15) is 11.3 Å². The highest BCUT2D eigenvalue weighted by atomic mass is 16.3. The molecule has 1 aromatic heterocycles. The normalized spacial score (nSPS) is 10.5. The van der Waals surface area contributed by atoms with Crippen molar-refractivity contribution in [1.82, 2.24) is 10.2 Å². The van der Waals surface area contributed by atoms with Crippen molar-refractivity contribution in [2.24, 2.45) is 0 Å². The molecule has 1 aromatic carbocycles. The maximum Gasteiger partial charge on any atom is 0.143 e. The van der Waals surface area contributed by atoms with E-state index < -0.39 is 0 Å². The second-order valence-electron chi connectivity index (χ2n) is 2.90. The summed E-state index contributed by atoms with van der Waals surface area (Å²) in [5.74, 6) is 0.195. The van der Waals surface area contributed by atoms with Crippen LogP contribution in [0.3, 0.4) is 0 Å². The molecule has 3 nitrogen and oxygen atoms in total. The molecule has 0 spiro atoms. The van der Waals surface area contributed by atoms with Gasteiger partial charge in [0.25, 0.3) is 0 Å². The number of hydrogen-bond donors (Lipinski definition) is 1. The van der Waals surface area contributed by atoms with Crippen LogP contribution in [0.4, 0.5) is 0 Å². The van der Waals surface area contributed by atoms with Crippen LogP contribution in [0.25, 0.3) is 10.9 Å². The van der Waals surface area contributed by atoms with Crippen molar-refractivity contribution in [3.63, 3.8) is 0 Å². The molecule has 2 rings (SSSR count). The Hall–Kier alpha value is -1.64. The fraction of sp³-hybridized carbons (Fsp3) is 0.200. The van der Waals surface area contributed by atoms with Crippen molar-refractivity contribution >= 4 is 10.9 Å². The van der Waals surface area contributed by atoms with E-state index in [1.807, 2.05) is 12.1 Å². The standard InChI is InChI=1S/C10H10N2O/c1-2-7-6-11-12-10-8(7)4-3-5-9(10)13/h3-6,13H,2H2,1H3. The van der Waals surface area contributed by atoms with E-state index in [0.29, 0.717) is 5.52 Å². The molecule has 0 aliphatic rings. The topological polar surface area (TPSA) is 46.0 Å². The summed E-state index contributed by atoms with van der Waals surface area (Å²) in [4.78, 5) is 0. The molecule has 0 saturated carbocycles. The highest BCUT2D eigenvalue weighted by Crippen LogP contribution is 2.23. The van der Waals surface area contributed by atoms with E-state index in [2.05, 4.69) is 17.1 Å². The van der Waals surface area contributed by atoms with Crippen LogP contribution in [0.5, 0.6) is 5.75 Å². The van der Waals surface area contributed by atoms with E-state index in [1.54, 1.807) is 12.3 Å². The number of aromatic hydroxyl groups is 1. The average molecular weight is 174 g/mol. The number of aryl methyl sites for hydroxylation is 1. The predicted octanol–water partition coefficient (Wildman–Crippen LogP) is 1.90. The van der Waals surface area contributed by atoms with Gasteiger partial charge in [0, 0.05) is 5.39 Å². The van der Waals surface area contributed by atoms with E-state index in [0.717, 1.165) is 17.4 Å². The fourth-order valence-corrected chi connectivity index (χ4v) is 1.40. The maximum atomic E-state index is 9.49. The summed E-state index contributed by atoms with van der Waals surface area (Å²) in [5, 5.41) is 18.2. The molecule has 0 unspecified atom stereocenters. The highest BCUT2D eigenvalue weighted by molar-refractivity contribution is 5.86. The van der Waals surface area contributed by atoms with E-state index in [1.165, 1.54) is 0 Å². The Kier molecular flexibility index (Phi) is 1.85. The highest BCUT2D eigenvalue weighted by Gasteiger charge is 2.03. The number of phenolic OH excluding ortho intramolecular Hbond substituents is 1. The van der Waals surface area contributed by atoms with Crippen molar-refractivity contribution in [3.8, 4) is 5.75 Å². The minimum atomic E-state index is 0.195. The Morgan fingerprint density at radius 3 is 3.00 bits per heavy atom. The Labute approximate surface area is 76.0 Å². The van der Waals surface area contributed by atoms with Crippen LogP contribution in [0, 0.1) is 0 Å². The van der Waals surface area contributed by atoms with Gasteiger partial charge in [0.05, 0.1) is 6.20 Å². The van der Waals surface area contributed by atoms with Crippen LogP contribution in [0.1, 0.15) is 12.5 Å². The van der Waals surface area contributed by atoms with Crippen LogP contribution in [0.2, 0.25) is 0 Å². The summed E-state index contributed by atoms with van der Waals surface area (Å²) in [6, 6.07) is 5.39. The molecule has 0 fully saturated rings. The van der Waals surface area contributed by atoms with Gasteiger partial charge < -0.3 is 5.11 Å². The van der Waals surface area contributed by atoms with Crippen molar-refractivity contribution in [3.05, 3.63) is 30.0 Å². The predicted molar refractivity (Wildman–Crippen MR) is 50.6 cm³/mol. The number of hydrogen-bond acceptors (Lipinski definition) is 3. The third-order valence-electron chi connectivity index (χ3n) is 2.11. The molecule has 3 heteroatoms. The molecule has 66 valence electrons. The molecule has 13 heavy (non-hydrogen) atoms. The number of fused-ring (bicyclic) bond motifs is 1. The molecule has 1 N–H and O–H groups in total. The lowest BCUT2D eigenvalue weighted by atomic mass is 10.1. The van der Waals surface area contributed by atoms with E-state index in [-0.39, 0.29) is 5.75 Å². The van der Waals surface area contributed by atoms with Gasteiger partial charge in [-0.15, -0.1) is 5.10 Å². The molecule has 0 amide bonds. The number of rotatable bonds is 1. The lowest BCUT2D eigenvalue weighted by molar-refractivity contribution is 0.480. The number of benzene rings is 1. The SMILES string of the molecule is CCc1cnnc2c(O)cccc12. The molecule has 0 atom stereocenters. The smallest absolute Gasteiger partial charge is 0.143 e. The summed E-state index contributed by atoms with van der Waals surface area (Å²) in [7, 11) is 0. The molecule has 0 aliphatic carbocycles. The Balaban J connectivity index is 2.84. The first-order valence-corrected chi connectivity index (χ1v) is 4.25. The quantitative estimate of drug-likeness (QED) is 0.718. The number of aromatic nitrogens is 2. The van der Waals surface area contributed by atoms with Crippen LogP contribution in [-0.4, -0.2) is 15.3 Å². The summed E-state index contributed by atoms with van der Waals surface area (Å²) >= 11 is 0. The third kappa shape index (κ3) is 1.22. The second kappa shape index (κ2) is 3.01. The van der Waals surface area contributed by atoms with Gasteiger partial charge in [-0.1, -0.05) is 19.1 Å². The van der Waals surface area contributed by atoms with Crippen molar-refractivity contribution < 1.29 is 5.11 Å². The molecule has 1 heterocycles.